The fourth-order valence-corrected chi connectivity index (χ4v) is 3.34. The van der Waals surface area contributed by atoms with Crippen LogP contribution in [0.1, 0.15) is 11.4 Å². The first-order valence-corrected chi connectivity index (χ1v) is 8.55. The Morgan fingerprint density at radius 1 is 1.52 bits per heavy atom. The molecule has 1 aliphatic rings. The SMILES string of the molecule is CS(=O)(=O)N1CCc2cc(NC=C(C#N)c3nn[nH]n3)ccc21. The van der Waals surface area contributed by atoms with Gasteiger partial charge in [-0.15, -0.1) is 10.2 Å². The molecule has 0 atom stereocenters. The first-order chi connectivity index (χ1) is 11.0. The third kappa shape index (κ3) is 3.00. The molecule has 2 heterocycles. The standard InChI is InChI=1S/C13H13N7O2S/c1-23(21,22)20-5-4-9-6-11(2-3-12(9)20)15-8-10(7-14)13-16-18-19-17-13/h2-3,6,8,15H,4-5H2,1H3,(H,16,17,18,19). The number of aromatic amines is 1. The lowest BCUT2D eigenvalue weighted by Gasteiger charge is -2.16. The van der Waals surface area contributed by atoms with Crippen LogP contribution in [0.2, 0.25) is 0 Å². The van der Waals surface area contributed by atoms with Crippen LogP contribution in [0.25, 0.3) is 5.57 Å². The average molecular weight is 331 g/mol. The summed E-state index contributed by atoms with van der Waals surface area (Å²) in [5.41, 5.74) is 2.61. The van der Waals surface area contributed by atoms with Gasteiger partial charge in [0, 0.05) is 18.4 Å². The van der Waals surface area contributed by atoms with E-state index in [4.69, 9.17) is 5.26 Å². The van der Waals surface area contributed by atoms with Gasteiger partial charge in [-0.2, -0.15) is 10.5 Å². The molecule has 0 bridgehead atoms. The van der Waals surface area contributed by atoms with Crippen LogP contribution in [0.15, 0.2) is 24.4 Å². The number of rotatable bonds is 4. The van der Waals surface area contributed by atoms with Crippen molar-refractivity contribution in [1.29, 1.82) is 5.26 Å². The van der Waals surface area contributed by atoms with Crippen LogP contribution in [0.5, 0.6) is 0 Å². The molecule has 9 nitrogen and oxygen atoms in total. The number of nitriles is 1. The summed E-state index contributed by atoms with van der Waals surface area (Å²) >= 11 is 0. The van der Waals surface area contributed by atoms with Gasteiger partial charge in [-0.3, -0.25) is 4.31 Å². The molecule has 0 spiro atoms. The van der Waals surface area contributed by atoms with Crippen LogP contribution in [-0.4, -0.2) is 41.8 Å². The van der Waals surface area contributed by atoms with Gasteiger partial charge >= 0.3 is 0 Å². The third-order valence-corrected chi connectivity index (χ3v) is 4.60. The van der Waals surface area contributed by atoms with Gasteiger partial charge in [-0.1, -0.05) is 0 Å². The van der Waals surface area contributed by atoms with E-state index < -0.39 is 10.0 Å². The zero-order valence-corrected chi connectivity index (χ0v) is 13.0. The molecule has 0 saturated carbocycles. The molecule has 0 fully saturated rings. The second kappa shape index (κ2) is 5.69. The summed E-state index contributed by atoms with van der Waals surface area (Å²) in [5.74, 6) is 0.199. The molecular formula is C13H13N7O2S. The van der Waals surface area contributed by atoms with E-state index in [1.54, 1.807) is 12.1 Å². The van der Waals surface area contributed by atoms with Crippen molar-refractivity contribution in [2.45, 2.75) is 6.42 Å². The van der Waals surface area contributed by atoms with Crippen molar-refractivity contribution in [2.75, 3.05) is 22.4 Å². The monoisotopic (exact) mass is 331 g/mol. The highest BCUT2D eigenvalue weighted by atomic mass is 32.2. The molecule has 1 aliphatic heterocycles. The Labute approximate surface area is 132 Å². The number of sulfonamides is 1. The van der Waals surface area contributed by atoms with E-state index in [9.17, 15) is 8.42 Å². The normalized spacial score (nSPS) is 14.4. The second-order valence-electron chi connectivity index (χ2n) is 4.98. The Hall–Kier alpha value is -2.93. The van der Waals surface area contributed by atoms with Crippen molar-refractivity contribution in [1.82, 2.24) is 20.6 Å². The molecule has 0 amide bonds. The Kier molecular flexibility index (Phi) is 3.71. The van der Waals surface area contributed by atoms with E-state index in [2.05, 4.69) is 25.9 Å². The largest absolute Gasteiger partial charge is 0.360 e. The molecule has 0 aliphatic carbocycles. The highest BCUT2D eigenvalue weighted by molar-refractivity contribution is 7.92. The maximum absolute atomic E-state index is 11.7. The van der Waals surface area contributed by atoms with Crippen LogP contribution >= 0.6 is 0 Å². The number of benzene rings is 1. The van der Waals surface area contributed by atoms with Gasteiger partial charge in [0.2, 0.25) is 15.8 Å². The van der Waals surface area contributed by atoms with Crippen LogP contribution in [0.4, 0.5) is 11.4 Å². The minimum Gasteiger partial charge on any atom is -0.360 e. The zero-order valence-electron chi connectivity index (χ0n) is 12.2. The van der Waals surface area contributed by atoms with Crippen LogP contribution in [0, 0.1) is 11.3 Å². The summed E-state index contributed by atoms with van der Waals surface area (Å²) in [6.07, 6.45) is 3.33. The van der Waals surface area contributed by atoms with E-state index in [1.165, 1.54) is 16.8 Å². The molecule has 10 heteroatoms. The number of H-pyrrole nitrogens is 1. The first-order valence-electron chi connectivity index (χ1n) is 6.70. The first kappa shape index (κ1) is 15.0. The van der Waals surface area contributed by atoms with E-state index in [1.807, 2.05) is 12.1 Å². The topological polar surface area (TPSA) is 128 Å². The van der Waals surface area contributed by atoms with E-state index in [0.29, 0.717) is 18.7 Å². The van der Waals surface area contributed by atoms with Crippen molar-refractivity contribution in [3.8, 4) is 6.07 Å². The number of aromatic nitrogens is 4. The summed E-state index contributed by atoms with van der Waals surface area (Å²) in [6.45, 7) is 0.444. The van der Waals surface area contributed by atoms with E-state index in [0.717, 1.165) is 11.3 Å². The number of anilines is 2. The Morgan fingerprint density at radius 2 is 2.35 bits per heavy atom. The molecule has 1 aromatic heterocycles. The number of hydrogen-bond acceptors (Lipinski definition) is 7. The minimum atomic E-state index is -3.26. The fourth-order valence-electron chi connectivity index (χ4n) is 2.38. The second-order valence-corrected chi connectivity index (χ2v) is 6.88. The summed E-state index contributed by atoms with van der Waals surface area (Å²) in [5, 5.41) is 25.3. The fraction of sp³-hybridized carbons (Fsp3) is 0.231. The van der Waals surface area contributed by atoms with Crippen LogP contribution in [0.3, 0.4) is 0 Å². The van der Waals surface area contributed by atoms with Crippen molar-refractivity contribution >= 4 is 27.0 Å². The Bertz CT molecular complexity index is 897. The smallest absolute Gasteiger partial charge is 0.232 e. The molecule has 0 saturated heterocycles. The lowest BCUT2D eigenvalue weighted by atomic mass is 10.1. The summed E-state index contributed by atoms with van der Waals surface area (Å²) in [7, 11) is -3.26. The van der Waals surface area contributed by atoms with Gasteiger partial charge in [0.15, 0.2) is 0 Å². The zero-order chi connectivity index (χ0) is 16.4. The maximum atomic E-state index is 11.7. The van der Waals surface area contributed by atoms with Gasteiger partial charge in [0.1, 0.15) is 11.6 Å². The van der Waals surface area contributed by atoms with Gasteiger partial charge in [-0.25, -0.2) is 8.42 Å². The van der Waals surface area contributed by atoms with E-state index >= 15 is 0 Å². The lowest BCUT2D eigenvalue weighted by Crippen LogP contribution is -2.27. The molecule has 0 unspecified atom stereocenters. The summed E-state index contributed by atoms with van der Waals surface area (Å²) in [6, 6.07) is 7.35. The molecule has 0 radical (unpaired) electrons. The Morgan fingerprint density at radius 3 is 3.00 bits per heavy atom. The van der Waals surface area contributed by atoms with Crippen molar-refractivity contribution in [2.24, 2.45) is 0 Å². The predicted molar refractivity (Wildman–Crippen MR) is 83.7 cm³/mol. The molecule has 2 aromatic rings. The molecule has 23 heavy (non-hydrogen) atoms. The van der Waals surface area contributed by atoms with Crippen LogP contribution in [-0.2, 0) is 16.4 Å². The molecular weight excluding hydrogens is 318 g/mol. The molecule has 118 valence electrons. The van der Waals surface area contributed by atoms with Gasteiger partial charge in [0.25, 0.3) is 0 Å². The number of nitrogens with zero attached hydrogens (tertiary/aromatic N) is 5. The number of fused-ring (bicyclic) bond motifs is 1. The number of hydrogen-bond donors (Lipinski definition) is 2. The Balaban J connectivity index is 1.83. The quantitative estimate of drug-likeness (QED) is 0.781. The van der Waals surface area contributed by atoms with Crippen molar-refractivity contribution in [3.63, 3.8) is 0 Å². The third-order valence-electron chi connectivity index (χ3n) is 3.42. The molecule has 2 N–H and O–H groups in total. The highest BCUT2D eigenvalue weighted by Gasteiger charge is 2.25. The van der Waals surface area contributed by atoms with Crippen molar-refractivity contribution in [3.05, 3.63) is 35.8 Å². The number of allylic oxidation sites excluding steroid dienone is 1. The van der Waals surface area contributed by atoms with Crippen molar-refractivity contribution < 1.29 is 8.42 Å². The molecule has 3 rings (SSSR count). The van der Waals surface area contributed by atoms with Gasteiger partial charge in [-0.05, 0) is 35.4 Å². The average Bonchev–Trinajstić information content (AvgIpc) is 3.16. The number of nitrogens with one attached hydrogen (secondary N) is 2. The summed E-state index contributed by atoms with van der Waals surface area (Å²) in [4.78, 5) is 0. The minimum absolute atomic E-state index is 0.199. The van der Waals surface area contributed by atoms with Gasteiger partial charge < -0.3 is 5.32 Å². The van der Waals surface area contributed by atoms with Crippen LogP contribution < -0.4 is 9.62 Å². The predicted octanol–water partition coefficient (Wildman–Crippen LogP) is 0.498. The lowest BCUT2D eigenvalue weighted by molar-refractivity contribution is 0.598. The highest BCUT2D eigenvalue weighted by Crippen LogP contribution is 2.32. The maximum Gasteiger partial charge on any atom is 0.232 e. The van der Waals surface area contributed by atoms with E-state index in [-0.39, 0.29) is 11.4 Å². The number of tetrazole rings is 1. The summed E-state index contributed by atoms with van der Waals surface area (Å²) < 4.78 is 24.8. The van der Waals surface area contributed by atoms with Gasteiger partial charge in [0.05, 0.1) is 11.9 Å². The molecule has 1 aromatic carbocycles.